The van der Waals surface area contributed by atoms with Crippen LogP contribution >= 0.6 is 16.1 Å². The second kappa shape index (κ2) is 11.4. The summed E-state index contributed by atoms with van der Waals surface area (Å²) in [5.74, 6) is 2.14. The Bertz CT molecular complexity index is 1170. The number of carbonyl (C=O) groups excluding carboxylic acids is 1. The number of amidine groups is 1. The number of aromatic hydroxyl groups is 1. The molecule has 1 N–H and O–H groups in total. The van der Waals surface area contributed by atoms with Gasteiger partial charge in [-0.1, -0.05) is 73.1 Å². The molecular formula is C31H41BrN2O3. The molecule has 6 heteroatoms. The number of phenols is 1. The van der Waals surface area contributed by atoms with Gasteiger partial charge in [-0.2, -0.15) is 4.02 Å². The Balaban J connectivity index is 2.01. The highest BCUT2D eigenvalue weighted by atomic mass is 79.9. The van der Waals surface area contributed by atoms with Gasteiger partial charge in [-0.05, 0) is 41.5 Å². The van der Waals surface area contributed by atoms with E-state index in [4.69, 9.17) is 4.74 Å². The summed E-state index contributed by atoms with van der Waals surface area (Å²) in [6, 6.07) is 11.7. The number of benzene rings is 2. The second-order valence-corrected chi connectivity index (χ2v) is 12.3. The van der Waals surface area contributed by atoms with E-state index in [0.29, 0.717) is 5.56 Å². The van der Waals surface area contributed by atoms with Crippen molar-refractivity contribution in [2.24, 2.45) is 9.94 Å². The third-order valence-electron chi connectivity index (χ3n) is 6.99. The molecule has 1 saturated heterocycles. The number of methoxy groups -OCH3 is 1. The third kappa shape index (κ3) is 6.46. The quantitative estimate of drug-likeness (QED) is 0.347. The van der Waals surface area contributed by atoms with Crippen molar-refractivity contribution in [3.63, 3.8) is 0 Å². The Morgan fingerprint density at radius 3 is 2.24 bits per heavy atom. The highest BCUT2D eigenvalue weighted by Gasteiger charge is 2.35. The molecule has 200 valence electrons. The van der Waals surface area contributed by atoms with Crippen LogP contribution < -0.4 is 4.74 Å². The zero-order valence-electron chi connectivity index (χ0n) is 23.5. The Morgan fingerprint density at radius 2 is 1.73 bits per heavy atom. The van der Waals surface area contributed by atoms with Gasteiger partial charge in [-0.25, -0.2) is 0 Å². The zero-order valence-corrected chi connectivity index (χ0v) is 25.1. The van der Waals surface area contributed by atoms with Crippen molar-refractivity contribution >= 4 is 33.8 Å². The van der Waals surface area contributed by atoms with Crippen molar-refractivity contribution in [2.75, 3.05) is 20.2 Å². The highest BCUT2D eigenvalue weighted by Crippen LogP contribution is 2.40. The van der Waals surface area contributed by atoms with Gasteiger partial charge in [0, 0.05) is 40.3 Å². The maximum Gasteiger partial charge on any atom is 0.182 e. The minimum atomic E-state index is -0.298. The molecule has 3 rings (SSSR count). The fraction of sp³-hybridized carbons (Fsp3) is 0.484. The van der Waals surface area contributed by atoms with Crippen LogP contribution in [0.1, 0.15) is 88.4 Å². The van der Waals surface area contributed by atoms with Crippen molar-refractivity contribution in [3.8, 4) is 11.5 Å². The average Bonchev–Trinajstić information content (AvgIpc) is 3.13. The van der Waals surface area contributed by atoms with Gasteiger partial charge >= 0.3 is 0 Å². The van der Waals surface area contributed by atoms with Crippen LogP contribution in [0.5, 0.6) is 11.5 Å². The predicted molar refractivity (Wildman–Crippen MR) is 157 cm³/mol. The zero-order chi connectivity index (χ0) is 27.5. The first kappa shape index (κ1) is 29.0. The fourth-order valence-electron chi connectivity index (χ4n) is 4.99. The van der Waals surface area contributed by atoms with Crippen molar-refractivity contribution in [1.29, 1.82) is 0 Å². The van der Waals surface area contributed by atoms with E-state index < -0.39 is 0 Å². The van der Waals surface area contributed by atoms with Gasteiger partial charge in [-0.3, -0.25) is 4.79 Å². The van der Waals surface area contributed by atoms with Crippen LogP contribution in [0.25, 0.3) is 6.08 Å². The molecule has 0 amide bonds. The van der Waals surface area contributed by atoms with E-state index in [9.17, 15) is 9.90 Å². The van der Waals surface area contributed by atoms with Crippen LogP contribution in [-0.2, 0) is 10.8 Å². The molecule has 2 aromatic rings. The molecule has 0 aliphatic carbocycles. The first-order valence-corrected chi connectivity index (χ1v) is 13.7. The predicted octanol–water partition coefficient (Wildman–Crippen LogP) is 7.70. The largest absolute Gasteiger partial charge is 0.507 e. The standard InChI is InChI=1S/C31H41BrN2O3/c1-9-12-21-18-34(29(33-32)23(21)15-20-13-10-11-14-27(20)37-8)19-26(35)22-16-24(30(2,3)4)28(36)25(17-22)31(5,6)7/h10-11,13-17,21,36H,9,12,18-19H2,1-8H3/b23-15+,33-29-. The molecule has 0 bridgehead atoms. The van der Waals surface area contributed by atoms with E-state index in [0.717, 1.165) is 53.2 Å². The topological polar surface area (TPSA) is 62.1 Å². The van der Waals surface area contributed by atoms with Crippen LogP contribution in [0.15, 0.2) is 46.0 Å². The smallest absolute Gasteiger partial charge is 0.182 e. The van der Waals surface area contributed by atoms with Crippen molar-refractivity contribution in [2.45, 2.75) is 72.1 Å². The number of nitrogens with zero attached hydrogens (tertiary/aromatic N) is 2. The summed E-state index contributed by atoms with van der Waals surface area (Å²) in [7, 11) is 1.68. The third-order valence-corrected chi connectivity index (χ3v) is 7.32. The van der Waals surface area contributed by atoms with Crippen molar-refractivity contribution < 1.29 is 14.6 Å². The molecule has 0 radical (unpaired) electrons. The van der Waals surface area contributed by atoms with Gasteiger partial charge in [-0.15, -0.1) is 0 Å². The van der Waals surface area contributed by atoms with Crippen LogP contribution in [-0.4, -0.2) is 41.8 Å². The molecule has 0 aromatic heterocycles. The minimum absolute atomic E-state index is 0.0124. The van der Waals surface area contributed by atoms with E-state index >= 15 is 0 Å². The van der Waals surface area contributed by atoms with Crippen LogP contribution in [0, 0.1) is 5.92 Å². The summed E-state index contributed by atoms with van der Waals surface area (Å²) < 4.78 is 10.0. The maximum atomic E-state index is 13.7. The minimum Gasteiger partial charge on any atom is -0.507 e. The first-order valence-electron chi connectivity index (χ1n) is 13.0. The van der Waals surface area contributed by atoms with E-state index in [2.05, 4.69) is 79.6 Å². The molecule has 5 nitrogen and oxygen atoms in total. The van der Waals surface area contributed by atoms with Crippen LogP contribution in [0.3, 0.4) is 0 Å². The number of phenolic OH excluding ortho intramolecular Hbond substituents is 1. The lowest BCUT2D eigenvalue weighted by atomic mass is 9.78. The summed E-state index contributed by atoms with van der Waals surface area (Å²) in [5.41, 5.74) is 3.70. The number of carbonyl (C=O) groups is 1. The molecule has 1 unspecified atom stereocenters. The lowest BCUT2D eigenvalue weighted by molar-refractivity contribution is 0.0963. The van der Waals surface area contributed by atoms with Crippen LogP contribution in [0.2, 0.25) is 0 Å². The molecule has 0 spiro atoms. The number of rotatable bonds is 7. The molecule has 1 fully saturated rings. The monoisotopic (exact) mass is 568 g/mol. The van der Waals surface area contributed by atoms with E-state index in [1.807, 2.05) is 36.4 Å². The van der Waals surface area contributed by atoms with E-state index in [-0.39, 0.29) is 34.8 Å². The summed E-state index contributed by atoms with van der Waals surface area (Å²) in [5, 5.41) is 11.1. The average molecular weight is 570 g/mol. The summed E-state index contributed by atoms with van der Waals surface area (Å²) in [4.78, 5) is 15.8. The van der Waals surface area contributed by atoms with Crippen LogP contribution in [0.4, 0.5) is 0 Å². The Morgan fingerprint density at radius 1 is 1.14 bits per heavy atom. The first-order chi connectivity index (χ1) is 17.3. The molecule has 2 aromatic carbocycles. The number of ether oxygens (including phenoxy) is 1. The fourth-order valence-corrected chi connectivity index (χ4v) is 5.42. The summed E-state index contributed by atoms with van der Waals surface area (Å²) in [6.07, 6.45) is 4.17. The molecular weight excluding hydrogens is 528 g/mol. The van der Waals surface area contributed by atoms with E-state index in [1.165, 1.54) is 0 Å². The van der Waals surface area contributed by atoms with E-state index in [1.54, 1.807) is 7.11 Å². The molecule has 1 aliphatic heterocycles. The van der Waals surface area contributed by atoms with Gasteiger partial charge in [0.25, 0.3) is 0 Å². The summed E-state index contributed by atoms with van der Waals surface area (Å²) in [6.45, 7) is 15.5. The van der Waals surface area contributed by atoms with Crippen molar-refractivity contribution in [1.82, 2.24) is 4.90 Å². The molecule has 1 heterocycles. The Kier molecular flexibility index (Phi) is 8.94. The number of halogens is 1. The van der Waals surface area contributed by atoms with Gasteiger partial charge in [0.15, 0.2) is 5.78 Å². The Labute approximate surface area is 231 Å². The molecule has 37 heavy (non-hydrogen) atoms. The highest BCUT2D eigenvalue weighted by molar-refractivity contribution is 9.08. The number of ketones is 1. The molecule has 0 saturated carbocycles. The SMILES string of the molecule is CCCC1CN(CC(=O)c2cc(C(C)(C)C)c(O)c(C(C)(C)C)c2)C(=N\Br)/C1=C/c1ccccc1OC. The molecule has 1 aliphatic rings. The van der Waals surface area contributed by atoms with Gasteiger partial charge < -0.3 is 14.7 Å². The lowest BCUT2D eigenvalue weighted by Gasteiger charge is -2.28. The van der Waals surface area contributed by atoms with Gasteiger partial charge in [0.05, 0.1) is 29.8 Å². The normalized spacial score (nSPS) is 18.6. The number of hydrogen-bond acceptors (Lipinski definition) is 4. The second-order valence-electron chi connectivity index (χ2n) is 12.0. The number of para-hydroxylation sites is 1. The van der Waals surface area contributed by atoms with Gasteiger partial charge in [0.1, 0.15) is 17.3 Å². The number of Topliss-reactive ketones (excluding diaryl/α,β-unsaturated/α-hetero) is 1. The molecule has 1 atom stereocenters. The number of hydrogen-bond donors (Lipinski definition) is 1. The van der Waals surface area contributed by atoms with Crippen molar-refractivity contribution in [3.05, 3.63) is 64.2 Å². The maximum absolute atomic E-state index is 13.7. The number of likely N-dealkylation sites (tertiary alicyclic amines) is 1. The summed E-state index contributed by atoms with van der Waals surface area (Å²) >= 11 is 3.35. The lowest BCUT2D eigenvalue weighted by Crippen LogP contribution is -2.32. The van der Waals surface area contributed by atoms with Gasteiger partial charge in [0.2, 0.25) is 0 Å². The Hall–Kier alpha value is -2.60.